The van der Waals surface area contributed by atoms with Crippen LogP contribution in [-0.2, 0) is 4.79 Å². The van der Waals surface area contributed by atoms with E-state index in [9.17, 15) is 4.79 Å². The number of hydrogen-bond acceptors (Lipinski definition) is 5. The molecular weight excluding hydrogens is 337 g/mol. The molecule has 1 amide bonds. The molecule has 1 unspecified atom stereocenters. The first-order valence-electron chi connectivity index (χ1n) is 7.86. The van der Waals surface area contributed by atoms with Crippen LogP contribution in [0.15, 0.2) is 18.5 Å². The lowest BCUT2D eigenvalue weighted by Crippen LogP contribution is -2.51. The molecule has 0 aromatic carbocycles. The Morgan fingerprint density at radius 1 is 1.22 bits per heavy atom. The van der Waals surface area contributed by atoms with Gasteiger partial charge < -0.3 is 15.5 Å². The third kappa shape index (κ3) is 5.48. The Kier molecular flexibility index (Phi) is 8.58. The largest absolute Gasteiger partial charge is 0.351 e. The van der Waals surface area contributed by atoms with Gasteiger partial charge in [0.1, 0.15) is 0 Å². The van der Waals surface area contributed by atoms with Crippen LogP contribution in [0.5, 0.6) is 0 Å². The van der Waals surface area contributed by atoms with Gasteiger partial charge in [0.05, 0.1) is 5.92 Å². The van der Waals surface area contributed by atoms with Crippen molar-refractivity contribution in [1.29, 1.82) is 0 Å². The van der Waals surface area contributed by atoms with Gasteiger partial charge in [0, 0.05) is 38.1 Å². The second-order valence-electron chi connectivity index (χ2n) is 5.89. The predicted octanol–water partition coefficient (Wildman–Crippen LogP) is 1.40. The van der Waals surface area contributed by atoms with Crippen LogP contribution in [-0.4, -0.2) is 48.1 Å². The molecule has 2 aliphatic heterocycles. The van der Waals surface area contributed by atoms with Crippen molar-refractivity contribution in [2.75, 3.05) is 31.1 Å². The summed E-state index contributed by atoms with van der Waals surface area (Å²) in [6, 6.07) is 2.03. The molecule has 3 heterocycles. The van der Waals surface area contributed by atoms with Gasteiger partial charge in [0.15, 0.2) is 0 Å². The van der Waals surface area contributed by atoms with E-state index in [2.05, 4.69) is 25.5 Å². The lowest BCUT2D eigenvalue weighted by molar-refractivity contribution is -0.126. The number of amides is 1. The van der Waals surface area contributed by atoms with Gasteiger partial charge in [0.2, 0.25) is 11.9 Å². The summed E-state index contributed by atoms with van der Waals surface area (Å²) in [5.74, 6) is 1.08. The molecule has 2 fully saturated rings. The Labute approximate surface area is 149 Å². The number of hydrogen-bond donors (Lipinski definition) is 2. The quantitative estimate of drug-likeness (QED) is 0.851. The Morgan fingerprint density at radius 3 is 2.70 bits per heavy atom. The van der Waals surface area contributed by atoms with Gasteiger partial charge in [-0.25, -0.2) is 9.97 Å². The fraction of sp³-hybridized carbons (Fsp3) is 0.667. The molecule has 0 spiro atoms. The van der Waals surface area contributed by atoms with Crippen LogP contribution in [0.3, 0.4) is 0 Å². The fourth-order valence-electron chi connectivity index (χ4n) is 3.13. The summed E-state index contributed by atoms with van der Waals surface area (Å²) in [6.45, 7) is 3.60. The number of rotatable bonds is 3. The van der Waals surface area contributed by atoms with E-state index >= 15 is 0 Å². The summed E-state index contributed by atoms with van der Waals surface area (Å²) >= 11 is 0. The van der Waals surface area contributed by atoms with E-state index < -0.39 is 0 Å². The molecule has 0 aliphatic carbocycles. The zero-order valence-electron chi connectivity index (χ0n) is 13.1. The Hall–Kier alpha value is -1.11. The highest BCUT2D eigenvalue weighted by Crippen LogP contribution is 2.16. The van der Waals surface area contributed by atoms with E-state index in [0.717, 1.165) is 57.8 Å². The molecule has 6 nitrogen and oxygen atoms in total. The summed E-state index contributed by atoms with van der Waals surface area (Å²) in [6.07, 6.45) is 7.71. The van der Waals surface area contributed by atoms with Crippen molar-refractivity contribution < 1.29 is 4.79 Å². The monoisotopic (exact) mass is 361 g/mol. The molecule has 0 saturated carbocycles. The van der Waals surface area contributed by atoms with Crippen molar-refractivity contribution in [3.8, 4) is 0 Å². The molecule has 0 bridgehead atoms. The Morgan fingerprint density at radius 2 is 2.00 bits per heavy atom. The van der Waals surface area contributed by atoms with Crippen LogP contribution in [0.4, 0.5) is 5.95 Å². The number of aromatic nitrogens is 2. The summed E-state index contributed by atoms with van der Waals surface area (Å²) in [4.78, 5) is 23.1. The molecule has 2 saturated heterocycles. The first kappa shape index (κ1) is 19.9. The zero-order chi connectivity index (χ0) is 14.5. The number of nitrogens with zero attached hydrogens (tertiary/aromatic N) is 3. The highest BCUT2D eigenvalue weighted by Gasteiger charge is 2.26. The molecule has 2 N–H and O–H groups in total. The van der Waals surface area contributed by atoms with Crippen molar-refractivity contribution in [1.82, 2.24) is 20.6 Å². The van der Waals surface area contributed by atoms with Gasteiger partial charge >= 0.3 is 0 Å². The minimum atomic E-state index is 0. The topological polar surface area (TPSA) is 70.2 Å². The number of nitrogens with one attached hydrogen (secondary N) is 2. The highest BCUT2D eigenvalue weighted by molar-refractivity contribution is 5.85. The maximum absolute atomic E-state index is 12.3. The molecule has 130 valence electrons. The van der Waals surface area contributed by atoms with Crippen LogP contribution < -0.4 is 15.5 Å². The van der Waals surface area contributed by atoms with E-state index in [4.69, 9.17) is 0 Å². The smallest absolute Gasteiger partial charge is 0.225 e. The standard InChI is InChI=1S/C15H23N5O.2ClH/c21-14(12-4-1-6-16-10-12)19-13-5-2-9-20(11-13)15-17-7-3-8-18-15;;/h3,7-8,12-13,16H,1-2,4-6,9-11H2,(H,19,21);2*1H/t12-,13?;;/m1../s1. The molecule has 2 atom stereocenters. The summed E-state index contributed by atoms with van der Waals surface area (Å²) < 4.78 is 0. The molecule has 3 rings (SSSR count). The molecule has 1 aromatic heterocycles. The zero-order valence-corrected chi connectivity index (χ0v) is 14.7. The van der Waals surface area contributed by atoms with Gasteiger partial charge in [-0.15, -0.1) is 24.8 Å². The average molecular weight is 362 g/mol. The van der Waals surface area contributed by atoms with Crippen LogP contribution in [0.1, 0.15) is 25.7 Å². The summed E-state index contributed by atoms with van der Waals surface area (Å²) in [5, 5.41) is 6.51. The van der Waals surface area contributed by atoms with Crippen molar-refractivity contribution in [3.63, 3.8) is 0 Å². The Bertz CT molecular complexity index is 470. The fourth-order valence-corrected chi connectivity index (χ4v) is 3.13. The lowest BCUT2D eigenvalue weighted by atomic mass is 9.97. The second-order valence-corrected chi connectivity index (χ2v) is 5.89. The summed E-state index contributed by atoms with van der Waals surface area (Å²) in [5.41, 5.74) is 0. The normalized spacial score (nSPS) is 24.1. The number of piperidine rings is 2. The van der Waals surface area contributed by atoms with Crippen molar-refractivity contribution in [2.24, 2.45) is 5.92 Å². The van der Waals surface area contributed by atoms with Gasteiger partial charge in [-0.1, -0.05) is 0 Å². The Balaban J connectivity index is 0.00000132. The number of anilines is 1. The lowest BCUT2D eigenvalue weighted by Gasteiger charge is -2.34. The average Bonchev–Trinajstić information content (AvgIpc) is 2.57. The molecule has 23 heavy (non-hydrogen) atoms. The van der Waals surface area contributed by atoms with Crippen LogP contribution in [0, 0.1) is 5.92 Å². The van der Waals surface area contributed by atoms with E-state index in [1.807, 2.05) is 6.07 Å². The van der Waals surface area contributed by atoms with Gasteiger partial charge in [-0.05, 0) is 38.3 Å². The number of carbonyl (C=O) groups is 1. The predicted molar refractivity (Wildman–Crippen MR) is 95.5 cm³/mol. The highest BCUT2D eigenvalue weighted by atomic mass is 35.5. The molecular formula is C15H25Cl2N5O. The van der Waals surface area contributed by atoms with Gasteiger partial charge in [-0.3, -0.25) is 4.79 Å². The molecule has 0 radical (unpaired) electrons. The first-order valence-corrected chi connectivity index (χ1v) is 7.86. The van der Waals surface area contributed by atoms with Gasteiger partial charge in [-0.2, -0.15) is 0 Å². The second kappa shape index (κ2) is 9.90. The number of carbonyl (C=O) groups excluding carboxylic acids is 1. The van der Waals surface area contributed by atoms with Crippen molar-refractivity contribution in [3.05, 3.63) is 18.5 Å². The minimum Gasteiger partial charge on any atom is -0.351 e. The first-order chi connectivity index (χ1) is 10.3. The maximum Gasteiger partial charge on any atom is 0.225 e. The van der Waals surface area contributed by atoms with Crippen LogP contribution in [0.25, 0.3) is 0 Å². The number of halogens is 2. The van der Waals surface area contributed by atoms with E-state index in [1.54, 1.807) is 12.4 Å². The van der Waals surface area contributed by atoms with Gasteiger partial charge in [0.25, 0.3) is 0 Å². The van der Waals surface area contributed by atoms with Crippen LogP contribution in [0.2, 0.25) is 0 Å². The summed E-state index contributed by atoms with van der Waals surface area (Å²) in [7, 11) is 0. The van der Waals surface area contributed by atoms with Crippen LogP contribution >= 0.6 is 24.8 Å². The SMILES string of the molecule is Cl.Cl.O=C(NC1CCCN(c2ncccn2)C1)[C@@H]1CCCNC1. The van der Waals surface area contributed by atoms with Crippen molar-refractivity contribution in [2.45, 2.75) is 31.7 Å². The van der Waals surface area contributed by atoms with E-state index in [-0.39, 0.29) is 42.7 Å². The van der Waals surface area contributed by atoms with E-state index in [0.29, 0.717) is 0 Å². The molecule has 1 aromatic rings. The molecule has 2 aliphatic rings. The third-order valence-corrected chi connectivity index (χ3v) is 4.27. The van der Waals surface area contributed by atoms with Crippen molar-refractivity contribution >= 4 is 36.7 Å². The third-order valence-electron chi connectivity index (χ3n) is 4.27. The molecule has 8 heteroatoms. The van der Waals surface area contributed by atoms with E-state index in [1.165, 1.54) is 0 Å². The minimum absolute atomic E-state index is 0. The maximum atomic E-state index is 12.3.